The highest BCUT2D eigenvalue weighted by molar-refractivity contribution is 6.21. The van der Waals surface area contributed by atoms with E-state index in [4.69, 9.17) is 0 Å². The third kappa shape index (κ3) is 6.78. The molecule has 0 saturated heterocycles. The van der Waals surface area contributed by atoms with Gasteiger partial charge >= 0.3 is 0 Å². The molecular formula is C56H42N2. The van der Waals surface area contributed by atoms with E-state index in [1.165, 1.54) is 38.0 Å². The number of anilines is 2. The molecular weight excluding hydrogens is 701 g/mol. The second kappa shape index (κ2) is 15.5. The number of para-hydroxylation sites is 1. The molecule has 0 N–H and O–H groups in total. The maximum absolute atomic E-state index is 4.56. The molecule has 0 amide bonds. The molecule has 0 radical (unpaired) electrons. The van der Waals surface area contributed by atoms with Crippen LogP contribution in [0.4, 0.5) is 11.4 Å². The topological polar surface area (TPSA) is 8.17 Å². The van der Waals surface area contributed by atoms with Crippen molar-refractivity contribution >= 4 is 60.3 Å². The number of benzene rings is 8. The first kappa shape index (κ1) is 36.0. The van der Waals surface area contributed by atoms with E-state index < -0.39 is 0 Å². The van der Waals surface area contributed by atoms with Gasteiger partial charge in [0.1, 0.15) is 0 Å². The van der Waals surface area contributed by atoms with Crippen LogP contribution in [0.5, 0.6) is 0 Å². The minimum atomic E-state index is 0.787. The van der Waals surface area contributed by atoms with Gasteiger partial charge in [-0.25, -0.2) is 0 Å². The minimum Gasteiger partial charge on any atom is -0.310 e. The van der Waals surface area contributed by atoms with Crippen molar-refractivity contribution in [3.8, 4) is 16.8 Å². The molecule has 9 aromatic rings. The standard InChI is InChI=1S/C56H42N2/c1-39(26-27-41(3)47-33-36-54-52(38-47)56-51-24-14-12-19-46(51)32-37-55(56)58(54)48-21-9-6-10-22-48)40(2)28-29-42(4)57(53-25-15-20-45-18-11-13-23-50(45)53)49-34-30-44(31-35-49)43-16-7-5-8-17-43/h5-38H,1-4H2/b27-26-,29-28-. The van der Waals surface area contributed by atoms with E-state index in [-0.39, 0.29) is 0 Å². The molecule has 0 aliphatic rings. The van der Waals surface area contributed by atoms with Gasteiger partial charge in [-0.05, 0) is 104 Å². The summed E-state index contributed by atoms with van der Waals surface area (Å²) in [7, 11) is 0. The molecule has 58 heavy (non-hydrogen) atoms. The average Bonchev–Trinajstić information content (AvgIpc) is 3.62. The number of rotatable bonds is 11. The van der Waals surface area contributed by atoms with Crippen molar-refractivity contribution < 1.29 is 0 Å². The summed E-state index contributed by atoms with van der Waals surface area (Å²) in [6, 6.07) is 64.2. The lowest BCUT2D eigenvalue weighted by Crippen LogP contribution is -2.14. The van der Waals surface area contributed by atoms with Crippen LogP contribution in [0.15, 0.2) is 249 Å². The molecule has 2 heteroatoms. The van der Waals surface area contributed by atoms with Gasteiger partial charge in [0.2, 0.25) is 0 Å². The van der Waals surface area contributed by atoms with Gasteiger partial charge in [-0.15, -0.1) is 0 Å². The third-order valence-electron chi connectivity index (χ3n) is 10.9. The summed E-state index contributed by atoms with van der Waals surface area (Å²) in [6.45, 7) is 17.8. The summed E-state index contributed by atoms with van der Waals surface area (Å²) in [5, 5.41) is 7.20. The number of hydrogen-bond donors (Lipinski definition) is 0. The quantitative estimate of drug-likeness (QED) is 0.120. The number of hydrogen-bond acceptors (Lipinski definition) is 1. The van der Waals surface area contributed by atoms with Crippen LogP contribution in [-0.2, 0) is 0 Å². The second-order valence-corrected chi connectivity index (χ2v) is 14.6. The highest BCUT2D eigenvalue weighted by atomic mass is 15.1. The van der Waals surface area contributed by atoms with Gasteiger partial charge in [0.25, 0.3) is 0 Å². The van der Waals surface area contributed by atoms with Gasteiger partial charge in [-0.3, -0.25) is 0 Å². The van der Waals surface area contributed by atoms with Crippen LogP contribution in [0, 0.1) is 0 Å². The smallest absolute Gasteiger partial charge is 0.0547 e. The number of nitrogens with zero attached hydrogens (tertiary/aromatic N) is 2. The van der Waals surface area contributed by atoms with E-state index in [1.807, 2.05) is 30.4 Å². The highest BCUT2D eigenvalue weighted by Gasteiger charge is 2.17. The molecule has 0 unspecified atom stereocenters. The molecule has 1 heterocycles. The van der Waals surface area contributed by atoms with E-state index in [1.54, 1.807) is 0 Å². The SMILES string of the molecule is C=C(/C=C\C(=C)c1ccc2c(c1)c1c3ccccc3ccc1n2-c1ccccc1)C(=C)/C=C\C(=C)N(c1ccc(-c2ccccc2)cc1)c1cccc2ccccc12. The maximum atomic E-state index is 4.56. The zero-order valence-electron chi connectivity index (χ0n) is 32.4. The zero-order valence-corrected chi connectivity index (χ0v) is 32.4. The molecule has 0 atom stereocenters. The number of allylic oxidation sites excluding steroid dienone is 7. The second-order valence-electron chi connectivity index (χ2n) is 14.6. The first-order valence-corrected chi connectivity index (χ1v) is 19.5. The Kier molecular flexibility index (Phi) is 9.59. The Morgan fingerprint density at radius 3 is 1.78 bits per heavy atom. The number of aromatic nitrogens is 1. The molecule has 0 aliphatic heterocycles. The summed E-state index contributed by atoms with van der Waals surface area (Å²) in [5.74, 6) is 0. The maximum Gasteiger partial charge on any atom is 0.0547 e. The summed E-state index contributed by atoms with van der Waals surface area (Å²) >= 11 is 0. The summed E-state index contributed by atoms with van der Waals surface area (Å²) in [5.41, 5.74) is 12.2. The van der Waals surface area contributed by atoms with Crippen LogP contribution in [0.2, 0.25) is 0 Å². The number of fused-ring (bicyclic) bond motifs is 6. The summed E-state index contributed by atoms with van der Waals surface area (Å²) < 4.78 is 2.35. The van der Waals surface area contributed by atoms with Gasteiger partial charge in [0.15, 0.2) is 0 Å². The van der Waals surface area contributed by atoms with Gasteiger partial charge in [0, 0.05) is 33.2 Å². The Bertz CT molecular complexity index is 3100. The predicted octanol–water partition coefficient (Wildman–Crippen LogP) is 15.3. The highest BCUT2D eigenvalue weighted by Crippen LogP contribution is 2.39. The van der Waals surface area contributed by atoms with Crippen molar-refractivity contribution in [1.29, 1.82) is 0 Å². The van der Waals surface area contributed by atoms with Crippen molar-refractivity contribution in [2.24, 2.45) is 0 Å². The molecule has 1 aromatic heterocycles. The van der Waals surface area contributed by atoms with Gasteiger partial charge in [0.05, 0.1) is 16.7 Å². The van der Waals surface area contributed by atoms with E-state index >= 15 is 0 Å². The van der Waals surface area contributed by atoms with Crippen LogP contribution in [-0.4, -0.2) is 4.57 Å². The molecule has 0 aliphatic carbocycles. The fourth-order valence-electron chi connectivity index (χ4n) is 7.92. The van der Waals surface area contributed by atoms with Gasteiger partial charge in [-0.2, -0.15) is 0 Å². The zero-order chi connectivity index (χ0) is 39.6. The molecule has 0 spiro atoms. The minimum absolute atomic E-state index is 0.787. The normalized spacial score (nSPS) is 11.6. The van der Waals surface area contributed by atoms with Gasteiger partial charge in [-0.1, -0.05) is 178 Å². The fraction of sp³-hybridized carbons (Fsp3) is 0. The molecule has 8 aromatic carbocycles. The third-order valence-corrected chi connectivity index (χ3v) is 10.9. The van der Waals surface area contributed by atoms with Crippen molar-refractivity contribution in [2.45, 2.75) is 0 Å². The molecule has 0 saturated carbocycles. The Labute approximate surface area is 340 Å². The van der Waals surface area contributed by atoms with Crippen LogP contribution < -0.4 is 4.90 Å². The Balaban J connectivity index is 0.988. The fourth-order valence-corrected chi connectivity index (χ4v) is 7.92. The van der Waals surface area contributed by atoms with E-state index in [0.29, 0.717) is 0 Å². The van der Waals surface area contributed by atoms with Crippen molar-refractivity contribution in [2.75, 3.05) is 4.90 Å². The molecule has 9 rings (SSSR count). The largest absolute Gasteiger partial charge is 0.310 e. The van der Waals surface area contributed by atoms with Crippen LogP contribution in [0.3, 0.4) is 0 Å². The first-order chi connectivity index (χ1) is 28.4. The molecule has 276 valence electrons. The summed E-state index contributed by atoms with van der Waals surface area (Å²) in [4.78, 5) is 2.20. The lowest BCUT2D eigenvalue weighted by Gasteiger charge is -2.27. The summed E-state index contributed by atoms with van der Waals surface area (Å²) in [6.07, 6.45) is 8.03. The molecule has 2 nitrogen and oxygen atoms in total. The lowest BCUT2D eigenvalue weighted by molar-refractivity contribution is 1.18. The average molecular weight is 743 g/mol. The van der Waals surface area contributed by atoms with Gasteiger partial charge < -0.3 is 9.47 Å². The monoisotopic (exact) mass is 742 g/mol. The lowest BCUT2D eigenvalue weighted by atomic mass is 9.99. The van der Waals surface area contributed by atoms with Crippen LogP contribution in [0.25, 0.3) is 65.7 Å². The van der Waals surface area contributed by atoms with Crippen molar-refractivity contribution in [3.05, 3.63) is 255 Å². The van der Waals surface area contributed by atoms with E-state index in [9.17, 15) is 0 Å². The Morgan fingerprint density at radius 1 is 0.448 bits per heavy atom. The van der Waals surface area contributed by atoms with E-state index in [2.05, 4.69) is 212 Å². The predicted molar refractivity (Wildman–Crippen MR) is 251 cm³/mol. The Hall–Kier alpha value is -7.68. The first-order valence-electron chi connectivity index (χ1n) is 19.5. The molecule has 0 fully saturated rings. The Morgan fingerprint density at radius 2 is 1.03 bits per heavy atom. The molecule has 0 bridgehead atoms. The van der Waals surface area contributed by atoms with Crippen LogP contribution in [0.1, 0.15) is 5.56 Å². The van der Waals surface area contributed by atoms with Crippen molar-refractivity contribution in [1.82, 2.24) is 4.57 Å². The van der Waals surface area contributed by atoms with Crippen molar-refractivity contribution in [3.63, 3.8) is 0 Å². The van der Waals surface area contributed by atoms with Crippen LogP contribution >= 0.6 is 0 Å². The van der Waals surface area contributed by atoms with E-state index in [0.717, 1.165) is 61.5 Å².